The van der Waals surface area contributed by atoms with E-state index < -0.39 is 17.6 Å². The molecule has 1 amide bonds. The SMILES string of the molecule is CN1CCN(Cc2ccc(NC(=O)c3cncc(C#Cc4cnc(N)cc4C#N)c3)cc2C(F)(F)F)CC1. The van der Waals surface area contributed by atoms with Gasteiger partial charge in [0, 0.05) is 62.6 Å². The summed E-state index contributed by atoms with van der Waals surface area (Å²) >= 11 is 0. The van der Waals surface area contributed by atoms with Gasteiger partial charge in [0.15, 0.2) is 0 Å². The molecule has 38 heavy (non-hydrogen) atoms. The monoisotopic (exact) mass is 519 g/mol. The van der Waals surface area contributed by atoms with Gasteiger partial charge in [0.2, 0.25) is 0 Å². The van der Waals surface area contributed by atoms with Gasteiger partial charge in [0.05, 0.1) is 22.3 Å². The van der Waals surface area contributed by atoms with Crippen LogP contribution in [0.25, 0.3) is 0 Å². The summed E-state index contributed by atoms with van der Waals surface area (Å²) in [7, 11) is 1.98. The minimum atomic E-state index is -4.57. The van der Waals surface area contributed by atoms with Gasteiger partial charge in [-0.15, -0.1) is 0 Å². The van der Waals surface area contributed by atoms with Crippen LogP contribution >= 0.6 is 0 Å². The molecule has 3 heterocycles. The number of likely N-dealkylation sites (N-methyl/N-ethyl adjacent to an activating group) is 1. The maximum atomic E-state index is 13.9. The molecule has 3 aromatic rings. The minimum absolute atomic E-state index is 0.0209. The number of piperazine rings is 1. The molecule has 1 fully saturated rings. The first-order chi connectivity index (χ1) is 18.1. The van der Waals surface area contributed by atoms with Gasteiger partial charge in [-0.2, -0.15) is 18.4 Å². The first kappa shape index (κ1) is 26.6. The third-order valence-corrected chi connectivity index (χ3v) is 6.05. The second kappa shape index (κ2) is 11.3. The Balaban J connectivity index is 1.51. The number of nitrogens with one attached hydrogen (secondary N) is 1. The van der Waals surface area contributed by atoms with Crippen molar-refractivity contribution in [2.24, 2.45) is 0 Å². The van der Waals surface area contributed by atoms with Gasteiger partial charge in [-0.05, 0) is 36.9 Å². The second-order valence-corrected chi connectivity index (χ2v) is 8.88. The summed E-state index contributed by atoms with van der Waals surface area (Å²) in [4.78, 5) is 24.9. The number of hydrogen-bond acceptors (Lipinski definition) is 7. The number of amides is 1. The number of pyridine rings is 2. The molecule has 0 atom stereocenters. The predicted octanol–water partition coefficient (Wildman–Crippen LogP) is 3.35. The summed E-state index contributed by atoms with van der Waals surface area (Å²) in [5.74, 6) is 5.16. The Morgan fingerprint density at radius 2 is 1.84 bits per heavy atom. The van der Waals surface area contributed by atoms with E-state index in [1.165, 1.54) is 42.9 Å². The van der Waals surface area contributed by atoms with Crippen LogP contribution in [0.5, 0.6) is 0 Å². The van der Waals surface area contributed by atoms with Crippen molar-refractivity contribution in [1.82, 2.24) is 19.8 Å². The fourth-order valence-corrected chi connectivity index (χ4v) is 3.94. The molecule has 2 aromatic heterocycles. The van der Waals surface area contributed by atoms with Gasteiger partial charge < -0.3 is 16.0 Å². The van der Waals surface area contributed by atoms with E-state index in [0.29, 0.717) is 24.2 Å². The first-order valence-corrected chi connectivity index (χ1v) is 11.7. The fraction of sp³-hybridized carbons (Fsp3) is 0.259. The van der Waals surface area contributed by atoms with E-state index in [2.05, 4.69) is 32.0 Å². The number of nitriles is 1. The van der Waals surface area contributed by atoms with Crippen molar-refractivity contribution in [3.63, 3.8) is 0 Å². The Morgan fingerprint density at radius 1 is 1.08 bits per heavy atom. The van der Waals surface area contributed by atoms with E-state index >= 15 is 0 Å². The Labute approximate surface area is 217 Å². The third kappa shape index (κ3) is 6.65. The number of benzene rings is 1. The number of rotatable bonds is 4. The molecule has 8 nitrogen and oxygen atoms in total. The molecular weight excluding hydrogens is 495 g/mol. The number of carbonyl (C=O) groups excluding carboxylic acids is 1. The molecule has 11 heteroatoms. The van der Waals surface area contributed by atoms with Gasteiger partial charge in [-0.1, -0.05) is 17.9 Å². The van der Waals surface area contributed by atoms with E-state index in [4.69, 9.17) is 5.73 Å². The summed E-state index contributed by atoms with van der Waals surface area (Å²) in [6.07, 6.45) is -0.483. The first-order valence-electron chi connectivity index (χ1n) is 11.7. The maximum absolute atomic E-state index is 13.9. The van der Waals surface area contributed by atoms with E-state index in [0.717, 1.165) is 19.2 Å². The molecule has 0 saturated carbocycles. The average Bonchev–Trinajstić information content (AvgIpc) is 2.89. The number of nitrogens with two attached hydrogens (primary N) is 1. The molecular formula is C27H24F3N7O. The molecule has 0 spiro atoms. The van der Waals surface area contributed by atoms with Crippen LogP contribution in [0.15, 0.2) is 48.9 Å². The molecule has 1 aromatic carbocycles. The number of halogens is 3. The predicted molar refractivity (Wildman–Crippen MR) is 136 cm³/mol. The zero-order valence-electron chi connectivity index (χ0n) is 20.5. The molecule has 0 aliphatic carbocycles. The summed E-state index contributed by atoms with van der Waals surface area (Å²) in [6, 6.07) is 8.67. The van der Waals surface area contributed by atoms with Crippen molar-refractivity contribution >= 4 is 17.4 Å². The van der Waals surface area contributed by atoms with Crippen LogP contribution in [-0.4, -0.2) is 58.9 Å². The minimum Gasteiger partial charge on any atom is -0.384 e. The van der Waals surface area contributed by atoms with Crippen molar-refractivity contribution in [1.29, 1.82) is 5.26 Å². The standard InChI is InChI=1S/C27H24F3N7O/c1-36-6-8-37(9-7-36)17-20-4-5-23(12-24(20)27(28,29)30)35-26(38)22-10-18(14-33-15-22)2-3-19-16-34-25(32)11-21(19)13-31/h4-5,10-12,14-16H,6-9,17H2,1H3,(H2,32,34)(H,35,38). The normalized spacial score (nSPS) is 14.3. The van der Waals surface area contributed by atoms with Crippen molar-refractivity contribution in [3.05, 3.63) is 82.3 Å². The van der Waals surface area contributed by atoms with Gasteiger partial charge in [-0.25, -0.2) is 4.98 Å². The van der Waals surface area contributed by atoms with Crippen LogP contribution in [0.4, 0.5) is 24.7 Å². The van der Waals surface area contributed by atoms with Crippen molar-refractivity contribution < 1.29 is 18.0 Å². The maximum Gasteiger partial charge on any atom is 0.416 e. The summed E-state index contributed by atoms with van der Waals surface area (Å²) in [5.41, 5.74) is 6.08. The quantitative estimate of drug-likeness (QED) is 0.509. The zero-order valence-corrected chi connectivity index (χ0v) is 20.5. The van der Waals surface area contributed by atoms with E-state index in [9.17, 15) is 23.2 Å². The van der Waals surface area contributed by atoms with Crippen LogP contribution in [0.3, 0.4) is 0 Å². The lowest BCUT2D eigenvalue weighted by Crippen LogP contribution is -2.44. The Kier molecular flexibility index (Phi) is 7.91. The van der Waals surface area contributed by atoms with Gasteiger partial charge >= 0.3 is 6.18 Å². The molecule has 1 aliphatic rings. The topological polar surface area (TPSA) is 111 Å². The molecule has 0 bridgehead atoms. The van der Waals surface area contributed by atoms with E-state index in [1.54, 1.807) is 0 Å². The van der Waals surface area contributed by atoms with E-state index in [1.807, 2.05) is 18.0 Å². The molecule has 194 valence electrons. The summed E-state index contributed by atoms with van der Waals surface area (Å²) < 4.78 is 41.6. The van der Waals surface area contributed by atoms with Crippen LogP contribution in [0.2, 0.25) is 0 Å². The van der Waals surface area contributed by atoms with Crippen molar-refractivity contribution in [2.45, 2.75) is 12.7 Å². The molecule has 1 aliphatic heterocycles. The van der Waals surface area contributed by atoms with Crippen LogP contribution in [0, 0.1) is 23.2 Å². The Morgan fingerprint density at radius 3 is 2.55 bits per heavy atom. The largest absolute Gasteiger partial charge is 0.416 e. The smallest absolute Gasteiger partial charge is 0.384 e. The van der Waals surface area contributed by atoms with Gasteiger partial charge in [0.1, 0.15) is 11.9 Å². The lowest BCUT2D eigenvalue weighted by molar-refractivity contribution is -0.138. The number of carbonyl (C=O) groups is 1. The highest BCUT2D eigenvalue weighted by Gasteiger charge is 2.34. The van der Waals surface area contributed by atoms with Gasteiger partial charge in [0.25, 0.3) is 5.91 Å². The van der Waals surface area contributed by atoms with Crippen LogP contribution in [0.1, 0.15) is 38.2 Å². The molecule has 0 radical (unpaired) electrons. The Hall–Kier alpha value is -4.45. The highest BCUT2D eigenvalue weighted by atomic mass is 19.4. The highest BCUT2D eigenvalue weighted by molar-refractivity contribution is 6.04. The lowest BCUT2D eigenvalue weighted by atomic mass is 10.0. The molecule has 4 rings (SSSR count). The van der Waals surface area contributed by atoms with Crippen LogP contribution in [-0.2, 0) is 12.7 Å². The number of nitrogens with zero attached hydrogens (tertiary/aromatic N) is 5. The number of nitrogen functional groups attached to an aromatic ring is 1. The van der Waals surface area contributed by atoms with Crippen molar-refractivity contribution in [2.75, 3.05) is 44.3 Å². The van der Waals surface area contributed by atoms with E-state index in [-0.39, 0.29) is 34.7 Å². The van der Waals surface area contributed by atoms with Crippen LogP contribution < -0.4 is 11.1 Å². The third-order valence-electron chi connectivity index (χ3n) is 6.05. The van der Waals surface area contributed by atoms with Gasteiger partial charge in [-0.3, -0.25) is 14.7 Å². The molecule has 0 unspecified atom stereocenters. The Bertz CT molecular complexity index is 1450. The fourth-order valence-electron chi connectivity index (χ4n) is 3.94. The molecule has 1 saturated heterocycles. The average molecular weight is 520 g/mol. The number of hydrogen-bond donors (Lipinski definition) is 2. The van der Waals surface area contributed by atoms with Crippen molar-refractivity contribution in [3.8, 4) is 17.9 Å². The lowest BCUT2D eigenvalue weighted by Gasteiger charge is -2.33. The summed E-state index contributed by atoms with van der Waals surface area (Å²) in [5, 5.41) is 11.8. The number of anilines is 2. The number of alkyl halides is 3. The summed E-state index contributed by atoms with van der Waals surface area (Å²) in [6.45, 7) is 3.14. The zero-order chi connectivity index (χ0) is 27.3. The highest BCUT2D eigenvalue weighted by Crippen LogP contribution is 2.34. The number of aromatic nitrogens is 2. The second-order valence-electron chi connectivity index (χ2n) is 8.88. The molecule has 3 N–H and O–H groups in total.